The number of aromatic nitrogens is 4. The highest BCUT2D eigenvalue weighted by atomic mass is 79.9. The Labute approximate surface area is 149 Å². The van der Waals surface area contributed by atoms with Crippen molar-refractivity contribution in [3.8, 4) is 11.5 Å². The lowest BCUT2D eigenvalue weighted by Crippen LogP contribution is -2.40. The van der Waals surface area contributed by atoms with Crippen LogP contribution in [0.25, 0.3) is 11.5 Å². The fraction of sp³-hybridized carbons (Fsp3) is 0.562. The fourth-order valence-electron chi connectivity index (χ4n) is 2.94. The highest BCUT2D eigenvalue weighted by Crippen LogP contribution is 2.22. The zero-order chi connectivity index (χ0) is 16.8. The van der Waals surface area contributed by atoms with Gasteiger partial charge in [-0.1, -0.05) is 21.1 Å². The minimum absolute atomic E-state index is 0.241. The van der Waals surface area contributed by atoms with Gasteiger partial charge in [-0.25, -0.2) is 4.98 Å². The van der Waals surface area contributed by atoms with Gasteiger partial charge in [0.1, 0.15) is 5.69 Å². The Morgan fingerprint density at radius 1 is 1.42 bits per heavy atom. The molecule has 0 aromatic carbocycles. The van der Waals surface area contributed by atoms with E-state index in [1.165, 1.54) is 0 Å². The van der Waals surface area contributed by atoms with Gasteiger partial charge in [-0.15, -0.1) is 0 Å². The molecule has 1 atom stereocenters. The SMILES string of the molecule is O=C(CCCBr)N1CCCC(Cc2nc(-c3cnccn3)no2)C1. The average Bonchev–Trinajstić information content (AvgIpc) is 3.09. The summed E-state index contributed by atoms with van der Waals surface area (Å²) in [5, 5.41) is 4.84. The highest BCUT2D eigenvalue weighted by molar-refractivity contribution is 9.09. The van der Waals surface area contributed by atoms with E-state index in [0.29, 0.717) is 36.2 Å². The Morgan fingerprint density at radius 2 is 2.33 bits per heavy atom. The second-order valence-electron chi connectivity index (χ2n) is 5.95. The monoisotopic (exact) mass is 393 g/mol. The van der Waals surface area contributed by atoms with E-state index < -0.39 is 0 Å². The first-order valence-corrected chi connectivity index (χ1v) is 9.31. The lowest BCUT2D eigenvalue weighted by atomic mass is 9.94. The zero-order valence-corrected chi connectivity index (χ0v) is 15.0. The Kier molecular flexibility index (Phi) is 5.90. The molecular formula is C16H20BrN5O2. The summed E-state index contributed by atoms with van der Waals surface area (Å²) in [5.41, 5.74) is 0.600. The van der Waals surface area contributed by atoms with E-state index in [1.54, 1.807) is 18.6 Å². The molecule has 1 aliphatic rings. The molecule has 0 aliphatic carbocycles. The summed E-state index contributed by atoms with van der Waals surface area (Å²) in [7, 11) is 0. The number of rotatable bonds is 6. The number of piperidine rings is 1. The van der Waals surface area contributed by atoms with E-state index in [9.17, 15) is 4.79 Å². The number of halogens is 1. The van der Waals surface area contributed by atoms with Crippen molar-refractivity contribution in [2.75, 3.05) is 18.4 Å². The second-order valence-corrected chi connectivity index (χ2v) is 6.74. The van der Waals surface area contributed by atoms with Gasteiger partial charge in [0.25, 0.3) is 0 Å². The molecule has 0 saturated carbocycles. The average molecular weight is 394 g/mol. The molecule has 3 heterocycles. The number of carbonyl (C=O) groups is 1. The minimum Gasteiger partial charge on any atom is -0.342 e. The van der Waals surface area contributed by atoms with Gasteiger partial charge >= 0.3 is 0 Å². The molecule has 2 aromatic rings. The molecule has 1 amide bonds. The number of likely N-dealkylation sites (tertiary alicyclic amines) is 1. The van der Waals surface area contributed by atoms with E-state index in [0.717, 1.165) is 37.7 Å². The second kappa shape index (κ2) is 8.32. The summed E-state index contributed by atoms with van der Waals surface area (Å²) >= 11 is 3.37. The third-order valence-electron chi connectivity index (χ3n) is 4.12. The summed E-state index contributed by atoms with van der Waals surface area (Å²) < 4.78 is 5.34. The summed E-state index contributed by atoms with van der Waals surface area (Å²) in [4.78, 5) is 26.7. The van der Waals surface area contributed by atoms with E-state index >= 15 is 0 Å². The van der Waals surface area contributed by atoms with Crippen molar-refractivity contribution >= 4 is 21.8 Å². The molecule has 0 bridgehead atoms. The normalized spacial score (nSPS) is 17.9. The van der Waals surface area contributed by atoms with Gasteiger partial charge in [0, 0.05) is 43.7 Å². The van der Waals surface area contributed by atoms with Gasteiger partial charge in [0.2, 0.25) is 17.6 Å². The summed E-state index contributed by atoms with van der Waals surface area (Å²) in [6, 6.07) is 0. The molecule has 1 aliphatic heterocycles. The topological polar surface area (TPSA) is 85.0 Å². The lowest BCUT2D eigenvalue weighted by molar-refractivity contribution is -0.133. The maximum absolute atomic E-state index is 12.2. The van der Waals surface area contributed by atoms with Crippen LogP contribution in [0.1, 0.15) is 31.6 Å². The number of hydrogen-bond acceptors (Lipinski definition) is 6. The third kappa shape index (κ3) is 4.37. The molecule has 1 fully saturated rings. The molecule has 128 valence electrons. The largest absolute Gasteiger partial charge is 0.342 e. The van der Waals surface area contributed by atoms with Gasteiger partial charge in [-0.05, 0) is 25.2 Å². The molecule has 0 radical (unpaired) electrons. The van der Waals surface area contributed by atoms with E-state index in [4.69, 9.17) is 4.52 Å². The lowest BCUT2D eigenvalue weighted by Gasteiger charge is -2.32. The maximum Gasteiger partial charge on any atom is 0.227 e. The summed E-state index contributed by atoms with van der Waals surface area (Å²) in [5.74, 6) is 1.65. The van der Waals surface area contributed by atoms with Crippen molar-refractivity contribution < 1.29 is 9.32 Å². The van der Waals surface area contributed by atoms with Crippen LogP contribution < -0.4 is 0 Å². The highest BCUT2D eigenvalue weighted by Gasteiger charge is 2.25. The standard InChI is InChI=1S/C16H20BrN5O2/c17-5-1-4-15(23)22-8-2-3-12(11-22)9-14-20-16(21-24-14)13-10-18-6-7-19-13/h6-7,10,12H,1-5,8-9,11H2. The maximum atomic E-state index is 12.2. The van der Waals surface area contributed by atoms with Gasteiger partial charge < -0.3 is 9.42 Å². The minimum atomic E-state index is 0.241. The van der Waals surface area contributed by atoms with Crippen molar-refractivity contribution in [3.63, 3.8) is 0 Å². The fourth-order valence-corrected chi connectivity index (χ4v) is 3.22. The van der Waals surface area contributed by atoms with Crippen LogP contribution in [0.3, 0.4) is 0 Å². The smallest absolute Gasteiger partial charge is 0.227 e. The van der Waals surface area contributed by atoms with Crippen LogP contribution in [0.4, 0.5) is 0 Å². The molecule has 3 rings (SSSR count). The van der Waals surface area contributed by atoms with Gasteiger partial charge in [-0.3, -0.25) is 9.78 Å². The van der Waals surface area contributed by atoms with Crippen LogP contribution in [0.5, 0.6) is 0 Å². The Balaban J connectivity index is 1.58. The Hall–Kier alpha value is -1.83. The van der Waals surface area contributed by atoms with Crippen molar-refractivity contribution in [3.05, 3.63) is 24.5 Å². The predicted octanol–water partition coefficient (Wildman–Crippen LogP) is 2.48. The van der Waals surface area contributed by atoms with Gasteiger partial charge in [-0.2, -0.15) is 4.98 Å². The van der Waals surface area contributed by atoms with Crippen LogP contribution >= 0.6 is 15.9 Å². The van der Waals surface area contributed by atoms with E-state index in [1.807, 2.05) is 4.90 Å². The van der Waals surface area contributed by atoms with Crippen LogP contribution in [-0.4, -0.2) is 49.3 Å². The quantitative estimate of drug-likeness (QED) is 0.700. The van der Waals surface area contributed by atoms with Crippen molar-refractivity contribution in [1.29, 1.82) is 0 Å². The first-order chi connectivity index (χ1) is 11.8. The van der Waals surface area contributed by atoms with Crippen molar-refractivity contribution in [2.45, 2.75) is 32.1 Å². The number of alkyl halides is 1. The summed E-state index contributed by atoms with van der Waals surface area (Å²) in [6.07, 6.45) is 9.09. The molecule has 2 aromatic heterocycles. The Morgan fingerprint density at radius 3 is 3.12 bits per heavy atom. The van der Waals surface area contributed by atoms with Crippen LogP contribution in [0.15, 0.2) is 23.1 Å². The first kappa shape index (κ1) is 17.0. The number of nitrogens with zero attached hydrogens (tertiary/aromatic N) is 5. The van der Waals surface area contributed by atoms with Crippen LogP contribution in [-0.2, 0) is 11.2 Å². The number of amides is 1. The first-order valence-electron chi connectivity index (χ1n) is 8.19. The third-order valence-corrected chi connectivity index (χ3v) is 4.68. The molecule has 7 nitrogen and oxygen atoms in total. The molecular weight excluding hydrogens is 374 g/mol. The Bertz CT molecular complexity index is 663. The van der Waals surface area contributed by atoms with Crippen molar-refractivity contribution in [2.24, 2.45) is 5.92 Å². The van der Waals surface area contributed by atoms with E-state index in [-0.39, 0.29) is 5.91 Å². The zero-order valence-electron chi connectivity index (χ0n) is 13.4. The molecule has 0 spiro atoms. The summed E-state index contributed by atoms with van der Waals surface area (Å²) in [6.45, 7) is 1.62. The molecule has 8 heteroatoms. The van der Waals surface area contributed by atoms with Gasteiger partial charge in [0.15, 0.2) is 0 Å². The molecule has 1 saturated heterocycles. The van der Waals surface area contributed by atoms with Crippen molar-refractivity contribution in [1.82, 2.24) is 25.0 Å². The van der Waals surface area contributed by atoms with Crippen LogP contribution in [0.2, 0.25) is 0 Å². The predicted molar refractivity (Wildman–Crippen MR) is 91.4 cm³/mol. The number of carbonyl (C=O) groups excluding carboxylic acids is 1. The number of hydrogen-bond donors (Lipinski definition) is 0. The van der Waals surface area contributed by atoms with Crippen LogP contribution in [0, 0.1) is 5.92 Å². The van der Waals surface area contributed by atoms with Gasteiger partial charge in [0.05, 0.1) is 6.20 Å². The molecule has 24 heavy (non-hydrogen) atoms. The molecule has 0 N–H and O–H groups in total. The van der Waals surface area contributed by atoms with E-state index in [2.05, 4.69) is 36.0 Å². The molecule has 1 unspecified atom stereocenters.